The van der Waals surface area contributed by atoms with E-state index in [0.29, 0.717) is 11.6 Å². The van der Waals surface area contributed by atoms with Crippen LogP contribution < -0.4 is 10.5 Å². The van der Waals surface area contributed by atoms with Crippen molar-refractivity contribution < 1.29 is 4.74 Å². The molecule has 0 aliphatic heterocycles. The maximum absolute atomic E-state index is 6.18. The summed E-state index contributed by atoms with van der Waals surface area (Å²) >= 11 is 6.18. The van der Waals surface area contributed by atoms with Crippen LogP contribution in [0, 0.1) is 0 Å². The van der Waals surface area contributed by atoms with Gasteiger partial charge in [-0.1, -0.05) is 36.2 Å². The van der Waals surface area contributed by atoms with Gasteiger partial charge in [-0.05, 0) is 44.4 Å². The molecule has 0 saturated heterocycles. The van der Waals surface area contributed by atoms with Crippen molar-refractivity contribution in [3.05, 3.63) is 40.4 Å². The second kappa shape index (κ2) is 7.45. The van der Waals surface area contributed by atoms with Crippen LogP contribution in [0.2, 0.25) is 5.02 Å². The highest BCUT2D eigenvalue weighted by Crippen LogP contribution is 2.29. The zero-order valence-electron chi connectivity index (χ0n) is 11.4. The minimum absolute atomic E-state index is 0.147. The monoisotopic (exact) mass is 267 g/mol. The molecule has 1 rings (SSSR count). The van der Waals surface area contributed by atoms with Crippen LogP contribution in [0.15, 0.2) is 29.8 Å². The number of nitrogens with two attached hydrogens (primary N) is 1. The number of halogens is 1. The number of hydrogen-bond donors (Lipinski definition) is 1. The molecule has 1 unspecified atom stereocenters. The van der Waals surface area contributed by atoms with Gasteiger partial charge in [-0.15, -0.1) is 0 Å². The van der Waals surface area contributed by atoms with E-state index in [4.69, 9.17) is 22.1 Å². The van der Waals surface area contributed by atoms with Gasteiger partial charge in [0.05, 0.1) is 5.02 Å². The van der Waals surface area contributed by atoms with Crippen molar-refractivity contribution in [2.75, 3.05) is 6.61 Å². The summed E-state index contributed by atoms with van der Waals surface area (Å²) in [4.78, 5) is 0. The van der Waals surface area contributed by atoms with E-state index in [1.54, 1.807) is 0 Å². The molecule has 1 atom stereocenters. The fraction of sp³-hybridized carbons (Fsp3) is 0.467. The number of rotatable bonds is 6. The summed E-state index contributed by atoms with van der Waals surface area (Å²) < 4.78 is 5.76. The molecular formula is C15H22ClNO. The van der Waals surface area contributed by atoms with Crippen LogP contribution in [0.25, 0.3) is 0 Å². The molecular weight excluding hydrogens is 246 g/mol. The Morgan fingerprint density at radius 2 is 2.17 bits per heavy atom. The fourth-order valence-electron chi connectivity index (χ4n) is 1.59. The largest absolute Gasteiger partial charge is 0.488 e. The number of ether oxygens (including phenoxy) is 1. The SMILES string of the molecule is CCC(N)Cc1cccc(Cl)c1OCC=C(C)C. The summed E-state index contributed by atoms with van der Waals surface area (Å²) in [6.45, 7) is 6.72. The molecule has 0 spiro atoms. The first-order chi connectivity index (χ1) is 8.54. The van der Waals surface area contributed by atoms with Gasteiger partial charge < -0.3 is 10.5 Å². The van der Waals surface area contributed by atoms with E-state index in [9.17, 15) is 0 Å². The van der Waals surface area contributed by atoms with Gasteiger partial charge in [0.1, 0.15) is 12.4 Å². The third kappa shape index (κ3) is 4.71. The van der Waals surface area contributed by atoms with Crippen molar-refractivity contribution in [2.24, 2.45) is 5.73 Å². The first kappa shape index (κ1) is 15.1. The van der Waals surface area contributed by atoms with Gasteiger partial charge in [0, 0.05) is 6.04 Å². The van der Waals surface area contributed by atoms with Crippen molar-refractivity contribution in [2.45, 2.75) is 39.7 Å². The molecule has 0 fully saturated rings. The van der Waals surface area contributed by atoms with Crippen molar-refractivity contribution in [1.82, 2.24) is 0 Å². The topological polar surface area (TPSA) is 35.2 Å². The molecule has 18 heavy (non-hydrogen) atoms. The molecule has 0 aliphatic carbocycles. The third-order valence-electron chi connectivity index (χ3n) is 2.77. The molecule has 0 saturated carbocycles. The van der Waals surface area contributed by atoms with Crippen LogP contribution in [0.1, 0.15) is 32.8 Å². The molecule has 0 aromatic heterocycles. The minimum atomic E-state index is 0.147. The highest BCUT2D eigenvalue weighted by atomic mass is 35.5. The van der Waals surface area contributed by atoms with E-state index in [-0.39, 0.29) is 6.04 Å². The van der Waals surface area contributed by atoms with Crippen molar-refractivity contribution >= 4 is 11.6 Å². The molecule has 2 N–H and O–H groups in total. The zero-order valence-corrected chi connectivity index (χ0v) is 12.1. The summed E-state index contributed by atoms with van der Waals surface area (Å²) in [5, 5.41) is 0.651. The molecule has 0 aliphatic rings. The number of para-hydroxylation sites is 1. The molecule has 1 aromatic rings. The van der Waals surface area contributed by atoms with Gasteiger partial charge in [0.2, 0.25) is 0 Å². The van der Waals surface area contributed by atoms with E-state index >= 15 is 0 Å². The second-order valence-corrected chi connectivity index (χ2v) is 5.10. The summed E-state index contributed by atoms with van der Waals surface area (Å²) in [5.74, 6) is 0.764. The summed E-state index contributed by atoms with van der Waals surface area (Å²) in [6, 6.07) is 5.96. The van der Waals surface area contributed by atoms with Crippen molar-refractivity contribution in [1.29, 1.82) is 0 Å². The Kier molecular flexibility index (Phi) is 6.23. The van der Waals surface area contributed by atoms with Crippen LogP contribution >= 0.6 is 11.6 Å². The van der Waals surface area contributed by atoms with Crippen LogP contribution in [0.5, 0.6) is 5.75 Å². The van der Waals surface area contributed by atoms with E-state index in [1.165, 1.54) is 5.57 Å². The highest BCUT2D eigenvalue weighted by molar-refractivity contribution is 6.32. The fourth-order valence-corrected chi connectivity index (χ4v) is 1.84. The molecule has 2 nitrogen and oxygen atoms in total. The number of benzene rings is 1. The van der Waals surface area contributed by atoms with Gasteiger partial charge in [0.15, 0.2) is 0 Å². The Morgan fingerprint density at radius 3 is 2.78 bits per heavy atom. The maximum Gasteiger partial charge on any atom is 0.141 e. The predicted octanol–water partition coefficient (Wildman–Crippen LogP) is 3.96. The van der Waals surface area contributed by atoms with E-state index in [2.05, 4.69) is 6.92 Å². The quantitative estimate of drug-likeness (QED) is 0.792. The molecule has 1 aromatic carbocycles. The van der Waals surface area contributed by atoms with Gasteiger partial charge in [-0.25, -0.2) is 0 Å². The molecule has 3 heteroatoms. The first-order valence-electron chi connectivity index (χ1n) is 6.33. The third-order valence-corrected chi connectivity index (χ3v) is 3.07. The lowest BCUT2D eigenvalue weighted by atomic mass is 10.0. The highest BCUT2D eigenvalue weighted by Gasteiger charge is 2.10. The van der Waals surface area contributed by atoms with E-state index in [1.807, 2.05) is 38.1 Å². The number of hydrogen-bond acceptors (Lipinski definition) is 2. The lowest BCUT2D eigenvalue weighted by Crippen LogP contribution is -2.21. The number of allylic oxidation sites excluding steroid dienone is 1. The first-order valence-corrected chi connectivity index (χ1v) is 6.71. The molecule has 0 bridgehead atoms. The Hall–Kier alpha value is -0.990. The average molecular weight is 268 g/mol. The Morgan fingerprint density at radius 1 is 1.44 bits per heavy atom. The van der Waals surface area contributed by atoms with Crippen LogP contribution in [0.3, 0.4) is 0 Å². The summed E-state index contributed by atoms with van der Waals surface area (Å²) in [5.41, 5.74) is 8.30. The average Bonchev–Trinajstić information content (AvgIpc) is 2.32. The van der Waals surface area contributed by atoms with E-state index in [0.717, 1.165) is 24.2 Å². The predicted molar refractivity (Wildman–Crippen MR) is 78.3 cm³/mol. The Balaban J connectivity index is 2.83. The Labute approximate surface area is 115 Å². The van der Waals surface area contributed by atoms with Crippen molar-refractivity contribution in [3.8, 4) is 5.75 Å². The lowest BCUT2D eigenvalue weighted by Gasteiger charge is -2.15. The summed E-state index contributed by atoms with van der Waals surface area (Å²) in [7, 11) is 0. The van der Waals surface area contributed by atoms with Crippen LogP contribution in [-0.2, 0) is 6.42 Å². The van der Waals surface area contributed by atoms with Gasteiger partial charge >= 0.3 is 0 Å². The minimum Gasteiger partial charge on any atom is -0.488 e. The smallest absolute Gasteiger partial charge is 0.141 e. The van der Waals surface area contributed by atoms with Gasteiger partial charge in [-0.3, -0.25) is 0 Å². The molecule has 100 valence electrons. The molecule has 0 radical (unpaired) electrons. The van der Waals surface area contributed by atoms with Gasteiger partial charge in [0.25, 0.3) is 0 Å². The zero-order chi connectivity index (χ0) is 13.5. The summed E-state index contributed by atoms with van der Waals surface area (Å²) in [6.07, 6.45) is 3.77. The lowest BCUT2D eigenvalue weighted by molar-refractivity contribution is 0.357. The van der Waals surface area contributed by atoms with Crippen LogP contribution in [-0.4, -0.2) is 12.6 Å². The maximum atomic E-state index is 6.18. The second-order valence-electron chi connectivity index (χ2n) is 4.69. The van der Waals surface area contributed by atoms with E-state index < -0.39 is 0 Å². The molecule has 0 amide bonds. The normalized spacial score (nSPS) is 12.1. The van der Waals surface area contributed by atoms with Crippen molar-refractivity contribution in [3.63, 3.8) is 0 Å². The van der Waals surface area contributed by atoms with Gasteiger partial charge in [-0.2, -0.15) is 0 Å². The Bertz CT molecular complexity index is 411. The van der Waals surface area contributed by atoms with Crippen LogP contribution in [0.4, 0.5) is 0 Å². The standard InChI is InChI=1S/C15H22ClNO/c1-4-13(17)10-12-6-5-7-14(16)15(12)18-9-8-11(2)3/h5-8,13H,4,9-10,17H2,1-3H3. The molecule has 0 heterocycles.